The zero-order valence-electron chi connectivity index (χ0n) is 11.6. The maximum atomic E-state index is 12.1. The van der Waals surface area contributed by atoms with Gasteiger partial charge < -0.3 is 10.2 Å². The molecule has 0 bridgehead atoms. The van der Waals surface area contributed by atoms with Crippen LogP contribution < -0.4 is 5.32 Å². The van der Waals surface area contributed by atoms with Gasteiger partial charge in [-0.3, -0.25) is 14.6 Å². The summed E-state index contributed by atoms with van der Waals surface area (Å²) < 4.78 is 0. The molecule has 108 valence electrons. The third kappa shape index (κ3) is 3.28. The summed E-state index contributed by atoms with van der Waals surface area (Å²) in [7, 11) is 0. The first-order chi connectivity index (χ1) is 9.49. The highest BCUT2D eigenvalue weighted by Gasteiger charge is 2.25. The molecule has 1 aliphatic heterocycles. The second-order valence-corrected chi connectivity index (χ2v) is 5.44. The van der Waals surface area contributed by atoms with Crippen molar-refractivity contribution >= 4 is 23.4 Å². The summed E-state index contributed by atoms with van der Waals surface area (Å²) in [5.41, 5.74) is 1.03. The number of nitrogens with one attached hydrogen (secondary N) is 1. The van der Waals surface area contributed by atoms with E-state index in [1.807, 2.05) is 0 Å². The molecule has 20 heavy (non-hydrogen) atoms. The van der Waals surface area contributed by atoms with Crippen LogP contribution in [0.5, 0.6) is 0 Å². The van der Waals surface area contributed by atoms with E-state index in [-0.39, 0.29) is 11.8 Å². The van der Waals surface area contributed by atoms with Crippen molar-refractivity contribution in [2.24, 2.45) is 0 Å². The number of pyridine rings is 1. The van der Waals surface area contributed by atoms with E-state index in [9.17, 15) is 9.59 Å². The monoisotopic (exact) mass is 295 g/mol. The van der Waals surface area contributed by atoms with Crippen LogP contribution in [0, 0.1) is 6.92 Å². The van der Waals surface area contributed by atoms with Crippen LogP contribution in [-0.2, 0) is 4.79 Å². The third-order valence-electron chi connectivity index (χ3n) is 3.37. The van der Waals surface area contributed by atoms with Gasteiger partial charge in [0, 0.05) is 25.0 Å². The molecule has 0 radical (unpaired) electrons. The Morgan fingerprint density at radius 2 is 2.05 bits per heavy atom. The second-order valence-electron chi connectivity index (χ2n) is 5.03. The van der Waals surface area contributed by atoms with Crippen molar-refractivity contribution in [1.82, 2.24) is 15.2 Å². The van der Waals surface area contributed by atoms with Gasteiger partial charge in [-0.25, -0.2) is 0 Å². The topological polar surface area (TPSA) is 62.3 Å². The molecule has 1 aliphatic rings. The van der Waals surface area contributed by atoms with Gasteiger partial charge in [-0.15, -0.1) is 0 Å². The number of rotatable bonds is 3. The quantitative estimate of drug-likeness (QED) is 0.924. The fraction of sp³-hybridized carbons (Fsp3) is 0.500. The molecule has 1 atom stereocenters. The van der Waals surface area contributed by atoms with E-state index < -0.39 is 6.04 Å². The van der Waals surface area contributed by atoms with E-state index in [0.717, 1.165) is 31.6 Å². The lowest BCUT2D eigenvalue weighted by Gasteiger charge is -2.21. The lowest BCUT2D eigenvalue weighted by Crippen LogP contribution is -2.46. The van der Waals surface area contributed by atoms with Crippen molar-refractivity contribution in [3.63, 3.8) is 0 Å². The van der Waals surface area contributed by atoms with Gasteiger partial charge in [0.05, 0.1) is 10.6 Å². The van der Waals surface area contributed by atoms with E-state index in [1.165, 1.54) is 6.20 Å². The molecule has 2 rings (SSSR count). The maximum Gasteiger partial charge on any atom is 0.255 e. The predicted octanol–water partition coefficient (Wildman–Crippen LogP) is 1.78. The van der Waals surface area contributed by atoms with Crippen molar-refractivity contribution in [1.29, 1.82) is 0 Å². The summed E-state index contributed by atoms with van der Waals surface area (Å²) in [5, 5.41) is 3.02. The summed E-state index contributed by atoms with van der Waals surface area (Å²) in [4.78, 5) is 30.0. The molecule has 0 saturated carbocycles. The van der Waals surface area contributed by atoms with Crippen molar-refractivity contribution in [2.45, 2.75) is 32.7 Å². The third-order valence-corrected chi connectivity index (χ3v) is 3.68. The van der Waals surface area contributed by atoms with Gasteiger partial charge in [0.2, 0.25) is 5.91 Å². The largest absolute Gasteiger partial charge is 0.341 e. The fourth-order valence-corrected chi connectivity index (χ4v) is 2.53. The zero-order chi connectivity index (χ0) is 14.7. The number of halogens is 1. The molecule has 2 amide bonds. The Balaban J connectivity index is 2.01. The molecule has 1 saturated heterocycles. The maximum absolute atomic E-state index is 12.1. The molecule has 5 nitrogen and oxygen atoms in total. The smallest absolute Gasteiger partial charge is 0.255 e. The number of aryl methyl sites for hydroxylation is 1. The van der Waals surface area contributed by atoms with Gasteiger partial charge in [0.15, 0.2) is 0 Å². The molecule has 1 fully saturated rings. The Hall–Kier alpha value is -1.62. The van der Waals surface area contributed by atoms with E-state index >= 15 is 0 Å². The predicted molar refractivity (Wildman–Crippen MR) is 76.7 cm³/mol. The number of hydrogen-bond acceptors (Lipinski definition) is 3. The van der Waals surface area contributed by atoms with Crippen molar-refractivity contribution in [3.8, 4) is 0 Å². The molecule has 0 aromatic carbocycles. The van der Waals surface area contributed by atoms with Gasteiger partial charge in [-0.2, -0.15) is 0 Å². The van der Waals surface area contributed by atoms with Crippen LogP contribution in [0.4, 0.5) is 0 Å². The molecule has 6 heteroatoms. The van der Waals surface area contributed by atoms with Crippen LogP contribution in [0.1, 0.15) is 35.8 Å². The molecular formula is C14H18ClN3O2. The first-order valence-electron chi connectivity index (χ1n) is 6.71. The lowest BCUT2D eigenvalue weighted by molar-refractivity contribution is -0.131. The van der Waals surface area contributed by atoms with E-state index in [4.69, 9.17) is 11.6 Å². The average Bonchev–Trinajstić information content (AvgIpc) is 2.91. The summed E-state index contributed by atoms with van der Waals surface area (Å²) in [6, 6.07) is 1.07. The van der Waals surface area contributed by atoms with Crippen molar-refractivity contribution in [3.05, 3.63) is 28.5 Å². The number of carbonyl (C=O) groups is 2. The van der Waals surface area contributed by atoms with Crippen LogP contribution in [0.3, 0.4) is 0 Å². The zero-order valence-corrected chi connectivity index (χ0v) is 12.4. The van der Waals surface area contributed by atoms with Gasteiger partial charge in [0.1, 0.15) is 6.04 Å². The first kappa shape index (κ1) is 14.8. The summed E-state index contributed by atoms with van der Waals surface area (Å²) in [6.07, 6.45) is 3.49. The Kier molecular flexibility index (Phi) is 4.60. The van der Waals surface area contributed by atoms with Crippen LogP contribution in [0.2, 0.25) is 5.02 Å². The van der Waals surface area contributed by atoms with E-state index in [1.54, 1.807) is 24.8 Å². The minimum absolute atomic E-state index is 0.0490. The van der Waals surface area contributed by atoms with Crippen LogP contribution in [-0.4, -0.2) is 40.8 Å². The van der Waals surface area contributed by atoms with Gasteiger partial charge in [-0.1, -0.05) is 11.6 Å². The molecule has 0 spiro atoms. The first-order valence-corrected chi connectivity index (χ1v) is 7.08. The van der Waals surface area contributed by atoms with Crippen molar-refractivity contribution in [2.75, 3.05) is 13.1 Å². The standard InChI is InChI=1S/C14H18ClN3O2/c1-9-7-12(15)11(8-16-9)13(19)17-10(2)14(20)18-5-3-4-6-18/h7-8,10H,3-6H2,1-2H3,(H,17,19). The second kappa shape index (κ2) is 6.22. The number of likely N-dealkylation sites (tertiary alicyclic amines) is 1. The normalized spacial score (nSPS) is 16.1. The average molecular weight is 296 g/mol. The minimum atomic E-state index is -0.557. The highest BCUT2D eigenvalue weighted by Crippen LogP contribution is 2.16. The summed E-state index contributed by atoms with van der Waals surface area (Å²) in [5.74, 6) is -0.422. The minimum Gasteiger partial charge on any atom is -0.341 e. The Morgan fingerprint density at radius 3 is 2.65 bits per heavy atom. The highest BCUT2D eigenvalue weighted by atomic mass is 35.5. The number of carbonyl (C=O) groups excluding carboxylic acids is 2. The SMILES string of the molecule is Cc1cc(Cl)c(C(=O)NC(C)C(=O)N2CCCC2)cn1. The molecular weight excluding hydrogens is 278 g/mol. The molecule has 0 aliphatic carbocycles. The van der Waals surface area contributed by atoms with Gasteiger partial charge in [-0.05, 0) is 32.8 Å². The highest BCUT2D eigenvalue weighted by molar-refractivity contribution is 6.33. The van der Waals surface area contributed by atoms with E-state index in [2.05, 4.69) is 10.3 Å². The Bertz CT molecular complexity index is 527. The molecule has 1 aromatic heterocycles. The summed E-state index contributed by atoms with van der Waals surface area (Å²) in [6.45, 7) is 5.03. The fourth-order valence-electron chi connectivity index (χ4n) is 2.24. The van der Waals surface area contributed by atoms with Gasteiger partial charge in [0.25, 0.3) is 5.91 Å². The number of amides is 2. The van der Waals surface area contributed by atoms with Crippen LogP contribution in [0.15, 0.2) is 12.3 Å². The molecule has 1 unspecified atom stereocenters. The van der Waals surface area contributed by atoms with Crippen LogP contribution >= 0.6 is 11.6 Å². The molecule has 1 aromatic rings. The number of aromatic nitrogens is 1. The van der Waals surface area contributed by atoms with Crippen molar-refractivity contribution < 1.29 is 9.59 Å². The summed E-state index contributed by atoms with van der Waals surface area (Å²) >= 11 is 6.02. The lowest BCUT2D eigenvalue weighted by atomic mass is 10.2. The Morgan fingerprint density at radius 1 is 1.40 bits per heavy atom. The van der Waals surface area contributed by atoms with Gasteiger partial charge >= 0.3 is 0 Å². The van der Waals surface area contributed by atoms with Crippen LogP contribution in [0.25, 0.3) is 0 Å². The Labute approximate surface area is 123 Å². The number of nitrogens with zero attached hydrogens (tertiary/aromatic N) is 2. The molecule has 1 N–H and O–H groups in total. The molecule has 2 heterocycles. The number of hydrogen-bond donors (Lipinski definition) is 1. The van der Waals surface area contributed by atoms with E-state index in [0.29, 0.717) is 10.6 Å².